The summed E-state index contributed by atoms with van der Waals surface area (Å²) in [7, 11) is 0. The van der Waals surface area contributed by atoms with Crippen LogP contribution < -0.4 is 0 Å². The van der Waals surface area contributed by atoms with Crippen LogP contribution in [0.1, 0.15) is 29.0 Å². The first kappa shape index (κ1) is 10.7. The van der Waals surface area contributed by atoms with Crippen molar-refractivity contribution in [1.29, 1.82) is 0 Å². The lowest BCUT2D eigenvalue weighted by molar-refractivity contribution is 0.0749. The summed E-state index contributed by atoms with van der Waals surface area (Å²) >= 11 is 3.43. The van der Waals surface area contributed by atoms with E-state index in [-0.39, 0.29) is 5.91 Å². The Hall–Kier alpha value is -0.840. The third kappa shape index (κ3) is 1.93. The van der Waals surface area contributed by atoms with Crippen molar-refractivity contribution in [2.75, 3.05) is 11.9 Å². The lowest BCUT2D eigenvalue weighted by Crippen LogP contribution is -2.36. The van der Waals surface area contributed by atoms with Crippen LogP contribution >= 0.6 is 15.9 Å². The fourth-order valence-corrected chi connectivity index (χ4v) is 2.60. The molecule has 5 heteroatoms. The third-order valence-electron chi connectivity index (χ3n) is 2.80. The highest BCUT2D eigenvalue weighted by Crippen LogP contribution is 2.22. The van der Waals surface area contributed by atoms with Gasteiger partial charge in [0, 0.05) is 17.9 Å². The summed E-state index contributed by atoms with van der Waals surface area (Å²) in [5, 5.41) is 4.47. The largest absolute Gasteiger partial charge is 0.361 e. The van der Waals surface area contributed by atoms with Gasteiger partial charge in [-0.25, -0.2) is 0 Å². The number of likely N-dealkylation sites (tertiary alicyclic amines) is 1. The molecule has 4 nitrogen and oxygen atoms in total. The molecule has 1 saturated heterocycles. The van der Waals surface area contributed by atoms with Crippen LogP contribution in [0, 0.1) is 6.92 Å². The summed E-state index contributed by atoms with van der Waals surface area (Å²) in [5.74, 6) is 0.635. The van der Waals surface area contributed by atoms with Gasteiger partial charge in [0.05, 0.1) is 6.20 Å². The van der Waals surface area contributed by atoms with Gasteiger partial charge in [0.2, 0.25) is 0 Å². The molecule has 1 amide bonds. The number of nitrogens with zero attached hydrogens (tertiary/aromatic N) is 2. The summed E-state index contributed by atoms with van der Waals surface area (Å²) in [6.45, 7) is 2.60. The van der Waals surface area contributed by atoms with Crippen molar-refractivity contribution in [1.82, 2.24) is 10.1 Å². The molecule has 0 bridgehead atoms. The molecule has 0 N–H and O–H groups in total. The fraction of sp³-hybridized carbons (Fsp3) is 0.600. The second kappa shape index (κ2) is 4.35. The van der Waals surface area contributed by atoms with E-state index in [1.807, 2.05) is 4.90 Å². The van der Waals surface area contributed by atoms with E-state index >= 15 is 0 Å². The van der Waals surface area contributed by atoms with Crippen LogP contribution in [0.25, 0.3) is 0 Å². The molecular formula is C10H13BrN2O2. The average molecular weight is 273 g/mol. The second-order valence-corrected chi connectivity index (χ2v) is 4.39. The molecule has 0 saturated carbocycles. The smallest absolute Gasteiger partial charge is 0.259 e. The number of amides is 1. The standard InChI is InChI=1S/C10H13BrN2O2/c1-7-9(6-12-15-7)10(14)13-4-2-3-8(13)5-11/h6,8H,2-5H2,1H3. The minimum atomic E-state index is 0.0377. The van der Waals surface area contributed by atoms with Crippen LogP contribution in [0.15, 0.2) is 10.7 Å². The molecule has 15 heavy (non-hydrogen) atoms. The molecule has 1 aromatic rings. The molecule has 2 heterocycles. The Bertz CT molecular complexity index is 364. The van der Waals surface area contributed by atoms with Gasteiger partial charge < -0.3 is 9.42 Å². The van der Waals surface area contributed by atoms with E-state index < -0.39 is 0 Å². The summed E-state index contributed by atoms with van der Waals surface area (Å²) in [5.41, 5.74) is 0.586. The van der Waals surface area contributed by atoms with Crippen LogP contribution in [-0.4, -0.2) is 33.9 Å². The topological polar surface area (TPSA) is 46.3 Å². The summed E-state index contributed by atoms with van der Waals surface area (Å²) in [6.07, 6.45) is 3.65. The fourth-order valence-electron chi connectivity index (χ4n) is 1.92. The first-order valence-corrected chi connectivity index (χ1v) is 6.14. The molecule has 1 unspecified atom stereocenters. The van der Waals surface area contributed by atoms with Gasteiger partial charge >= 0.3 is 0 Å². The van der Waals surface area contributed by atoms with Gasteiger partial charge in [-0.2, -0.15) is 0 Å². The minimum Gasteiger partial charge on any atom is -0.361 e. The zero-order valence-electron chi connectivity index (χ0n) is 8.57. The van der Waals surface area contributed by atoms with Crippen molar-refractivity contribution >= 4 is 21.8 Å². The molecule has 1 atom stereocenters. The lowest BCUT2D eigenvalue weighted by Gasteiger charge is -2.22. The predicted octanol–water partition coefficient (Wildman–Crippen LogP) is 1.98. The van der Waals surface area contributed by atoms with Crippen molar-refractivity contribution in [3.05, 3.63) is 17.5 Å². The highest BCUT2D eigenvalue weighted by atomic mass is 79.9. The van der Waals surface area contributed by atoms with Gasteiger partial charge in [-0.1, -0.05) is 21.1 Å². The van der Waals surface area contributed by atoms with Gasteiger partial charge in [-0.3, -0.25) is 4.79 Å². The Morgan fingerprint density at radius 3 is 3.20 bits per heavy atom. The van der Waals surface area contributed by atoms with Crippen LogP contribution in [-0.2, 0) is 0 Å². The highest BCUT2D eigenvalue weighted by molar-refractivity contribution is 9.09. The number of aromatic nitrogens is 1. The van der Waals surface area contributed by atoms with Crippen molar-refractivity contribution < 1.29 is 9.32 Å². The molecular weight excluding hydrogens is 260 g/mol. The van der Waals surface area contributed by atoms with Gasteiger partial charge in [-0.15, -0.1) is 0 Å². The molecule has 0 radical (unpaired) electrons. The Labute approximate surface area is 96.7 Å². The molecule has 1 fully saturated rings. The van der Waals surface area contributed by atoms with Gasteiger partial charge in [0.15, 0.2) is 0 Å². The third-order valence-corrected chi connectivity index (χ3v) is 3.54. The first-order chi connectivity index (χ1) is 7.24. The van der Waals surface area contributed by atoms with E-state index in [4.69, 9.17) is 4.52 Å². The first-order valence-electron chi connectivity index (χ1n) is 5.02. The van der Waals surface area contributed by atoms with Crippen molar-refractivity contribution in [2.24, 2.45) is 0 Å². The van der Waals surface area contributed by atoms with Gasteiger partial charge in [0.1, 0.15) is 11.3 Å². The van der Waals surface area contributed by atoms with Gasteiger partial charge in [0.25, 0.3) is 5.91 Å². The Morgan fingerprint density at radius 1 is 1.80 bits per heavy atom. The Kier molecular flexibility index (Phi) is 3.09. The number of halogens is 1. The summed E-state index contributed by atoms with van der Waals surface area (Å²) in [6, 6.07) is 0.312. The maximum Gasteiger partial charge on any atom is 0.259 e. The van der Waals surface area contributed by atoms with Crippen molar-refractivity contribution in [3.63, 3.8) is 0 Å². The molecule has 1 aromatic heterocycles. The maximum atomic E-state index is 12.1. The SMILES string of the molecule is Cc1oncc1C(=O)N1CCCC1CBr. The van der Waals surface area contributed by atoms with Crippen LogP contribution in [0.3, 0.4) is 0 Å². The van der Waals surface area contributed by atoms with E-state index in [1.165, 1.54) is 6.20 Å². The molecule has 0 aliphatic carbocycles. The van der Waals surface area contributed by atoms with E-state index in [9.17, 15) is 4.79 Å². The van der Waals surface area contributed by atoms with E-state index in [1.54, 1.807) is 6.92 Å². The monoisotopic (exact) mass is 272 g/mol. The molecule has 0 spiro atoms. The van der Waals surface area contributed by atoms with E-state index in [0.717, 1.165) is 24.7 Å². The number of alkyl halides is 1. The van der Waals surface area contributed by atoms with Crippen LogP contribution in [0.4, 0.5) is 0 Å². The number of hydrogen-bond acceptors (Lipinski definition) is 3. The molecule has 0 aromatic carbocycles. The Morgan fingerprint density at radius 2 is 2.60 bits per heavy atom. The minimum absolute atomic E-state index is 0.0377. The predicted molar refractivity (Wildman–Crippen MR) is 59.1 cm³/mol. The van der Waals surface area contributed by atoms with E-state index in [2.05, 4.69) is 21.1 Å². The molecule has 2 rings (SSSR count). The van der Waals surface area contributed by atoms with Crippen molar-refractivity contribution in [2.45, 2.75) is 25.8 Å². The second-order valence-electron chi connectivity index (χ2n) is 3.74. The van der Waals surface area contributed by atoms with Crippen LogP contribution in [0.2, 0.25) is 0 Å². The number of carbonyl (C=O) groups excluding carboxylic acids is 1. The quantitative estimate of drug-likeness (QED) is 0.774. The van der Waals surface area contributed by atoms with Crippen molar-refractivity contribution in [3.8, 4) is 0 Å². The Balaban J connectivity index is 2.18. The zero-order chi connectivity index (χ0) is 10.8. The van der Waals surface area contributed by atoms with Crippen LogP contribution in [0.5, 0.6) is 0 Å². The number of aryl methyl sites for hydroxylation is 1. The number of carbonyl (C=O) groups is 1. The molecule has 82 valence electrons. The van der Waals surface area contributed by atoms with E-state index in [0.29, 0.717) is 17.4 Å². The zero-order valence-corrected chi connectivity index (χ0v) is 10.2. The highest BCUT2D eigenvalue weighted by Gasteiger charge is 2.30. The molecule has 1 aliphatic heterocycles. The number of rotatable bonds is 2. The summed E-state index contributed by atoms with van der Waals surface area (Å²) < 4.78 is 4.90. The average Bonchev–Trinajstić information content (AvgIpc) is 2.84. The maximum absolute atomic E-state index is 12.1. The number of hydrogen-bond donors (Lipinski definition) is 0. The van der Waals surface area contributed by atoms with Gasteiger partial charge in [-0.05, 0) is 19.8 Å². The lowest BCUT2D eigenvalue weighted by atomic mass is 10.2. The molecule has 1 aliphatic rings. The summed E-state index contributed by atoms with van der Waals surface area (Å²) in [4.78, 5) is 14.0. The normalized spacial score (nSPS) is 20.9.